The van der Waals surface area contributed by atoms with Crippen molar-refractivity contribution in [3.05, 3.63) is 55.7 Å². The van der Waals surface area contributed by atoms with Crippen LogP contribution < -0.4 is 19.9 Å². The third kappa shape index (κ3) is 6.79. The van der Waals surface area contributed by atoms with Crippen LogP contribution in [-0.2, 0) is 27.3 Å². The van der Waals surface area contributed by atoms with Gasteiger partial charge in [0.25, 0.3) is 11.5 Å². The molecule has 0 bridgehead atoms. The standard InChI is InChI=1S/C32H38N4O6S2/c1-6-13-35-28(34-14-11-22(12-15-34)31(39)42-7-2)23(20(3)24(19-33)29(35)37)18-27-30(38)36(32(43)44-27)16-10-21-8-9-25(40-4)26(17-21)41-5/h8-9,17-18,22H,6-7,10-16H2,1-5H3. The zero-order chi connectivity index (χ0) is 32.0. The zero-order valence-corrected chi connectivity index (χ0v) is 27.4. The van der Waals surface area contributed by atoms with E-state index >= 15 is 0 Å². The fourth-order valence-electron chi connectivity index (χ4n) is 5.60. The molecular formula is C32H38N4O6S2. The van der Waals surface area contributed by atoms with Crippen LogP contribution in [0.15, 0.2) is 27.9 Å². The lowest BCUT2D eigenvalue weighted by atomic mass is 9.95. The van der Waals surface area contributed by atoms with Gasteiger partial charge in [-0.05, 0) is 68.9 Å². The van der Waals surface area contributed by atoms with E-state index in [2.05, 4.69) is 11.0 Å². The van der Waals surface area contributed by atoms with E-state index in [-0.39, 0.29) is 28.9 Å². The molecule has 0 unspecified atom stereocenters. The molecule has 0 N–H and O–H groups in total. The van der Waals surface area contributed by atoms with Crippen molar-refractivity contribution in [2.24, 2.45) is 5.92 Å². The summed E-state index contributed by atoms with van der Waals surface area (Å²) in [6.45, 7) is 7.70. The van der Waals surface area contributed by atoms with E-state index < -0.39 is 0 Å². The second kappa shape index (κ2) is 14.8. The zero-order valence-electron chi connectivity index (χ0n) is 25.8. The molecule has 12 heteroatoms. The van der Waals surface area contributed by atoms with Crippen LogP contribution in [0.4, 0.5) is 5.82 Å². The molecule has 4 rings (SSSR count). The quantitative estimate of drug-likeness (QED) is 0.195. The van der Waals surface area contributed by atoms with Gasteiger partial charge in [-0.15, -0.1) is 0 Å². The van der Waals surface area contributed by atoms with Crippen LogP contribution in [0.25, 0.3) is 6.08 Å². The average Bonchev–Trinajstić information content (AvgIpc) is 3.29. The summed E-state index contributed by atoms with van der Waals surface area (Å²) < 4.78 is 18.1. The van der Waals surface area contributed by atoms with Crippen molar-refractivity contribution >= 4 is 52.1 Å². The summed E-state index contributed by atoms with van der Waals surface area (Å²) >= 11 is 6.83. The smallest absolute Gasteiger partial charge is 0.309 e. The lowest BCUT2D eigenvalue weighted by Crippen LogP contribution is -2.41. The van der Waals surface area contributed by atoms with Gasteiger partial charge in [0.1, 0.15) is 21.8 Å². The minimum absolute atomic E-state index is 0.0544. The van der Waals surface area contributed by atoms with Crippen molar-refractivity contribution in [1.29, 1.82) is 5.26 Å². The molecule has 44 heavy (non-hydrogen) atoms. The molecule has 1 aromatic carbocycles. The number of piperidine rings is 1. The number of carbonyl (C=O) groups excluding carboxylic acids is 2. The number of nitriles is 1. The van der Waals surface area contributed by atoms with Gasteiger partial charge in [0, 0.05) is 31.7 Å². The third-order valence-electron chi connectivity index (χ3n) is 7.93. The van der Waals surface area contributed by atoms with Gasteiger partial charge >= 0.3 is 5.97 Å². The molecule has 1 aromatic heterocycles. The third-order valence-corrected chi connectivity index (χ3v) is 9.31. The maximum absolute atomic E-state index is 13.7. The first-order valence-electron chi connectivity index (χ1n) is 14.7. The molecule has 1 amide bonds. The van der Waals surface area contributed by atoms with Gasteiger partial charge in [0.05, 0.1) is 31.6 Å². The SMILES string of the molecule is CCCn1c(N2CCC(C(=O)OCC)CC2)c(C=C2SC(=S)N(CCc3ccc(OC)c(OC)c3)C2=O)c(C)c(C#N)c1=O. The molecule has 2 aliphatic heterocycles. The van der Waals surface area contributed by atoms with E-state index in [0.717, 1.165) is 5.56 Å². The van der Waals surface area contributed by atoms with Crippen LogP contribution in [0.2, 0.25) is 0 Å². The van der Waals surface area contributed by atoms with Crippen molar-refractivity contribution in [2.75, 3.05) is 45.4 Å². The van der Waals surface area contributed by atoms with Gasteiger partial charge in [-0.2, -0.15) is 5.26 Å². The van der Waals surface area contributed by atoms with E-state index in [0.29, 0.717) is 96.1 Å². The summed E-state index contributed by atoms with van der Waals surface area (Å²) in [7, 11) is 3.16. The first-order valence-corrected chi connectivity index (χ1v) is 16.0. The highest BCUT2D eigenvalue weighted by atomic mass is 32.2. The van der Waals surface area contributed by atoms with Crippen molar-refractivity contribution in [3.63, 3.8) is 0 Å². The van der Waals surface area contributed by atoms with Crippen LogP contribution in [0, 0.1) is 24.2 Å². The van der Waals surface area contributed by atoms with Crippen LogP contribution in [0.1, 0.15) is 55.4 Å². The fraction of sp³-hybridized carbons (Fsp3) is 0.469. The van der Waals surface area contributed by atoms with Gasteiger partial charge in [-0.1, -0.05) is 37.0 Å². The van der Waals surface area contributed by atoms with Crippen LogP contribution in [-0.4, -0.2) is 66.1 Å². The number of pyridine rings is 1. The molecule has 2 saturated heterocycles. The minimum atomic E-state index is -0.353. The Morgan fingerprint density at radius 2 is 1.84 bits per heavy atom. The predicted molar refractivity (Wildman–Crippen MR) is 175 cm³/mol. The number of rotatable bonds is 11. The number of amides is 1. The Bertz CT molecular complexity index is 1570. The molecule has 0 radical (unpaired) electrons. The molecule has 0 spiro atoms. The van der Waals surface area contributed by atoms with E-state index in [4.69, 9.17) is 26.4 Å². The summed E-state index contributed by atoms with van der Waals surface area (Å²) in [6, 6.07) is 7.73. The number of carbonyl (C=O) groups is 2. The number of thioether (sulfide) groups is 1. The average molecular weight is 639 g/mol. The number of methoxy groups -OCH3 is 2. The van der Waals surface area contributed by atoms with Crippen molar-refractivity contribution in [1.82, 2.24) is 9.47 Å². The summed E-state index contributed by atoms with van der Waals surface area (Å²) in [4.78, 5) is 43.7. The highest BCUT2D eigenvalue weighted by Crippen LogP contribution is 2.37. The molecule has 234 valence electrons. The predicted octanol–water partition coefficient (Wildman–Crippen LogP) is 4.68. The number of thiocarbonyl (C=S) groups is 1. The van der Waals surface area contributed by atoms with Crippen LogP contribution in [0.3, 0.4) is 0 Å². The Hall–Kier alpha value is -3.82. The maximum atomic E-state index is 13.7. The fourth-order valence-corrected chi connectivity index (χ4v) is 6.89. The van der Waals surface area contributed by atoms with Gasteiger partial charge in [0.2, 0.25) is 0 Å². The number of esters is 1. The van der Waals surface area contributed by atoms with Crippen molar-refractivity contribution in [2.45, 2.75) is 53.0 Å². The topological polar surface area (TPSA) is 114 Å². The highest BCUT2D eigenvalue weighted by molar-refractivity contribution is 8.26. The summed E-state index contributed by atoms with van der Waals surface area (Å²) in [5, 5.41) is 9.94. The lowest BCUT2D eigenvalue weighted by Gasteiger charge is -2.35. The number of hydrogen-bond donors (Lipinski definition) is 0. The van der Waals surface area contributed by atoms with Gasteiger partial charge in [-0.3, -0.25) is 23.9 Å². The second-order valence-corrected chi connectivity index (χ2v) is 12.3. The Morgan fingerprint density at radius 3 is 2.45 bits per heavy atom. The Labute approximate surface area is 267 Å². The summed E-state index contributed by atoms with van der Waals surface area (Å²) in [5.74, 6) is 1.26. The molecular weight excluding hydrogens is 601 g/mol. The van der Waals surface area contributed by atoms with Crippen LogP contribution in [0.5, 0.6) is 11.5 Å². The van der Waals surface area contributed by atoms with Crippen LogP contribution >= 0.6 is 24.0 Å². The van der Waals surface area contributed by atoms with Crippen molar-refractivity contribution < 1.29 is 23.8 Å². The molecule has 10 nitrogen and oxygen atoms in total. The Kier molecular flexibility index (Phi) is 11.1. The maximum Gasteiger partial charge on any atom is 0.309 e. The lowest BCUT2D eigenvalue weighted by molar-refractivity contribution is -0.148. The molecule has 2 aliphatic rings. The van der Waals surface area contributed by atoms with Crippen molar-refractivity contribution in [3.8, 4) is 17.6 Å². The molecule has 2 aromatic rings. The first-order chi connectivity index (χ1) is 21.2. The van der Waals surface area contributed by atoms with E-state index in [1.54, 1.807) is 43.6 Å². The number of nitrogens with zero attached hydrogens (tertiary/aromatic N) is 4. The monoisotopic (exact) mass is 638 g/mol. The molecule has 0 saturated carbocycles. The summed E-state index contributed by atoms with van der Waals surface area (Å²) in [5.41, 5.74) is 1.83. The molecule has 3 heterocycles. The number of hydrogen-bond acceptors (Lipinski definition) is 10. The summed E-state index contributed by atoms with van der Waals surface area (Å²) in [6.07, 6.45) is 4.16. The van der Waals surface area contributed by atoms with Gasteiger partial charge in [0.15, 0.2) is 11.5 Å². The number of benzene rings is 1. The van der Waals surface area contributed by atoms with Gasteiger partial charge in [-0.25, -0.2) is 0 Å². The number of aromatic nitrogens is 1. The normalized spacial score (nSPS) is 16.4. The minimum Gasteiger partial charge on any atom is -0.493 e. The molecule has 2 fully saturated rings. The Balaban J connectivity index is 1.68. The van der Waals surface area contributed by atoms with E-state index in [1.165, 1.54) is 11.8 Å². The van der Waals surface area contributed by atoms with E-state index in [1.807, 2.05) is 25.1 Å². The molecule has 0 atom stereocenters. The molecule has 0 aliphatic carbocycles. The number of ether oxygens (including phenoxy) is 3. The Morgan fingerprint density at radius 1 is 1.14 bits per heavy atom. The largest absolute Gasteiger partial charge is 0.493 e. The highest BCUT2D eigenvalue weighted by Gasteiger charge is 2.34. The van der Waals surface area contributed by atoms with Gasteiger partial charge < -0.3 is 19.1 Å². The first kappa shape index (κ1) is 33.1. The second-order valence-electron chi connectivity index (χ2n) is 10.6. The van der Waals surface area contributed by atoms with E-state index in [9.17, 15) is 19.6 Å². The number of anilines is 1.